The Morgan fingerprint density at radius 3 is 2.24 bits per heavy atom. The van der Waals surface area contributed by atoms with Gasteiger partial charge in [0.05, 0.1) is 19.1 Å². The molecule has 0 fully saturated rings. The molecule has 2 aromatic carbocycles. The van der Waals surface area contributed by atoms with E-state index in [0.29, 0.717) is 5.56 Å². The molecule has 0 atom stereocenters. The molecule has 0 aliphatic rings. The van der Waals surface area contributed by atoms with Gasteiger partial charge in [0.2, 0.25) is 5.78 Å². The van der Waals surface area contributed by atoms with Crippen molar-refractivity contribution in [2.24, 2.45) is 0 Å². The lowest BCUT2D eigenvalue weighted by molar-refractivity contribution is 0.104. The van der Waals surface area contributed by atoms with Gasteiger partial charge in [0.1, 0.15) is 11.5 Å². The molecule has 1 heterocycles. The molecule has 3 aromatic rings. The van der Waals surface area contributed by atoms with Crippen LogP contribution in [0, 0.1) is 0 Å². The number of thiophene rings is 1. The number of hydrogen-bond donors (Lipinski definition) is 0. The number of benzene rings is 2. The monoisotopic (exact) mass is 298 g/mol. The van der Waals surface area contributed by atoms with Gasteiger partial charge in [0.25, 0.3) is 0 Å². The summed E-state index contributed by atoms with van der Waals surface area (Å²) in [6.45, 7) is 0. The largest absolute Gasteiger partial charge is 0.497 e. The van der Waals surface area contributed by atoms with Crippen LogP contribution in [-0.4, -0.2) is 20.0 Å². The van der Waals surface area contributed by atoms with Gasteiger partial charge in [-0.2, -0.15) is 0 Å². The first-order chi connectivity index (χ1) is 10.2. The van der Waals surface area contributed by atoms with Crippen molar-refractivity contribution in [3.8, 4) is 11.5 Å². The number of rotatable bonds is 4. The Balaban J connectivity index is 1.96. The van der Waals surface area contributed by atoms with Gasteiger partial charge in [-0.3, -0.25) is 4.79 Å². The van der Waals surface area contributed by atoms with Crippen LogP contribution in [-0.2, 0) is 0 Å². The molecule has 0 amide bonds. The van der Waals surface area contributed by atoms with Crippen molar-refractivity contribution in [2.45, 2.75) is 0 Å². The van der Waals surface area contributed by atoms with Gasteiger partial charge < -0.3 is 9.47 Å². The lowest BCUT2D eigenvalue weighted by Crippen LogP contribution is -1.98. The van der Waals surface area contributed by atoms with E-state index < -0.39 is 0 Å². The van der Waals surface area contributed by atoms with Crippen LogP contribution in [0.15, 0.2) is 48.5 Å². The van der Waals surface area contributed by atoms with E-state index in [-0.39, 0.29) is 5.78 Å². The van der Waals surface area contributed by atoms with Crippen molar-refractivity contribution in [2.75, 3.05) is 14.2 Å². The normalized spacial score (nSPS) is 10.6. The first kappa shape index (κ1) is 13.6. The summed E-state index contributed by atoms with van der Waals surface area (Å²) in [7, 11) is 3.24. The molecule has 0 spiro atoms. The maximum absolute atomic E-state index is 12.5. The molecular weight excluding hydrogens is 284 g/mol. The van der Waals surface area contributed by atoms with E-state index in [0.717, 1.165) is 26.5 Å². The van der Waals surface area contributed by atoms with Crippen molar-refractivity contribution in [3.05, 3.63) is 59.0 Å². The number of ether oxygens (including phenoxy) is 2. The summed E-state index contributed by atoms with van der Waals surface area (Å²) in [6, 6.07) is 14.9. The number of hydrogen-bond acceptors (Lipinski definition) is 4. The van der Waals surface area contributed by atoms with Gasteiger partial charge in [-0.25, -0.2) is 0 Å². The molecule has 0 aliphatic heterocycles. The number of carbonyl (C=O) groups is 1. The fraction of sp³-hybridized carbons (Fsp3) is 0.118. The van der Waals surface area contributed by atoms with E-state index in [2.05, 4.69) is 0 Å². The molecule has 0 N–H and O–H groups in total. The Morgan fingerprint density at radius 2 is 1.57 bits per heavy atom. The topological polar surface area (TPSA) is 35.5 Å². The quantitative estimate of drug-likeness (QED) is 0.679. The van der Waals surface area contributed by atoms with E-state index in [4.69, 9.17) is 9.47 Å². The molecule has 0 bridgehead atoms. The second kappa shape index (κ2) is 5.58. The molecular formula is C17H14O3S. The third-order valence-corrected chi connectivity index (χ3v) is 4.40. The summed E-state index contributed by atoms with van der Waals surface area (Å²) in [5.41, 5.74) is 0.661. The second-order valence-electron chi connectivity index (χ2n) is 4.57. The summed E-state index contributed by atoms with van der Waals surface area (Å²) in [6.07, 6.45) is 0. The van der Waals surface area contributed by atoms with E-state index in [1.54, 1.807) is 38.5 Å². The molecule has 4 heteroatoms. The van der Waals surface area contributed by atoms with Crippen molar-refractivity contribution >= 4 is 27.2 Å². The van der Waals surface area contributed by atoms with E-state index in [1.807, 2.05) is 24.3 Å². The third-order valence-electron chi connectivity index (χ3n) is 3.30. The zero-order chi connectivity index (χ0) is 14.8. The van der Waals surface area contributed by atoms with Crippen LogP contribution < -0.4 is 9.47 Å². The summed E-state index contributed by atoms with van der Waals surface area (Å²) < 4.78 is 11.4. The van der Waals surface area contributed by atoms with Crippen LogP contribution in [0.3, 0.4) is 0 Å². The van der Waals surface area contributed by atoms with Gasteiger partial charge in [-0.05, 0) is 53.9 Å². The van der Waals surface area contributed by atoms with E-state index in [9.17, 15) is 4.79 Å². The maximum Gasteiger partial charge on any atom is 0.202 e. The molecule has 21 heavy (non-hydrogen) atoms. The Hall–Kier alpha value is -2.33. The molecule has 3 rings (SSSR count). The van der Waals surface area contributed by atoms with E-state index in [1.165, 1.54) is 11.3 Å². The number of fused-ring (bicyclic) bond motifs is 1. The van der Waals surface area contributed by atoms with Crippen LogP contribution in [0.2, 0.25) is 0 Å². The Labute approximate surface area is 126 Å². The average Bonchev–Trinajstić information content (AvgIpc) is 2.97. The van der Waals surface area contributed by atoms with Crippen molar-refractivity contribution in [1.29, 1.82) is 0 Å². The Bertz CT molecular complexity index is 787. The van der Waals surface area contributed by atoms with Crippen LogP contribution in [0.1, 0.15) is 15.2 Å². The molecule has 0 aliphatic carbocycles. The summed E-state index contributed by atoms with van der Waals surface area (Å²) >= 11 is 1.48. The average molecular weight is 298 g/mol. The van der Waals surface area contributed by atoms with Crippen molar-refractivity contribution in [3.63, 3.8) is 0 Å². The first-order valence-electron chi connectivity index (χ1n) is 6.47. The smallest absolute Gasteiger partial charge is 0.202 e. The minimum atomic E-state index is 0.0258. The van der Waals surface area contributed by atoms with Gasteiger partial charge in [-0.1, -0.05) is 0 Å². The Morgan fingerprint density at radius 1 is 0.905 bits per heavy atom. The summed E-state index contributed by atoms with van der Waals surface area (Å²) in [5.74, 6) is 1.57. The fourth-order valence-corrected chi connectivity index (χ4v) is 3.19. The summed E-state index contributed by atoms with van der Waals surface area (Å²) in [4.78, 5) is 13.2. The lowest BCUT2D eigenvalue weighted by atomic mass is 10.1. The van der Waals surface area contributed by atoms with Crippen LogP contribution in [0.25, 0.3) is 10.1 Å². The minimum absolute atomic E-state index is 0.0258. The van der Waals surface area contributed by atoms with Gasteiger partial charge in [0.15, 0.2) is 0 Å². The highest BCUT2D eigenvalue weighted by Crippen LogP contribution is 2.30. The van der Waals surface area contributed by atoms with Gasteiger partial charge in [-0.15, -0.1) is 11.3 Å². The van der Waals surface area contributed by atoms with E-state index >= 15 is 0 Å². The highest BCUT2D eigenvalue weighted by Gasteiger charge is 2.13. The molecule has 3 nitrogen and oxygen atoms in total. The number of methoxy groups -OCH3 is 2. The predicted molar refractivity (Wildman–Crippen MR) is 84.8 cm³/mol. The maximum atomic E-state index is 12.5. The number of ketones is 1. The number of carbonyl (C=O) groups excluding carboxylic acids is 1. The molecule has 0 radical (unpaired) electrons. The van der Waals surface area contributed by atoms with Crippen molar-refractivity contribution in [1.82, 2.24) is 0 Å². The highest BCUT2D eigenvalue weighted by molar-refractivity contribution is 7.21. The van der Waals surface area contributed by atoms with Gasteiger partial charge in [0, 0.05) is 10.3 Å². The molecule has 106 valence electrons. The predicted octanol–water partition coefficient (Wildman–Crippen LogP) is 4.15. The summed E-state index contributed by atoms with van der Waals surface area (Å²) in [5, 5.41) is 1.05. The SMILES string of the molecule is COc1ccc(C(=O)c2cc3ccc(OC)cc3s2)cc1. The molecule has 0 saturated heterocycles. The van der Waals surface area contributed by atoms with Crippen molar-refractivity contribution < 1.29 is 14.3 Å². The van der Waals surface area contributed by atoms with Gasteiger partial charge >= 0.3 is 0 Å². The zero-order valence-electron chi connectivity index (χ0n) is 11.8. The minimum Gasteiger partial charge on any atom is -0.497 e. The first-order valence-corrected chi connectivity index (χ1v) is 7.29. The molecule has 1 aromatic heterocycles. The standard InChI is InChI=1S/C17H14O3S/c1-19-13-6-3-11(4-7-13)17(18)16-9-12-5-8-14(20-2)10-15(12)21-16/h3-10H,1-2H3. The lowest BCUT2D eigenvalue weighted by Gasteiger charge is -2.01. The second-order valence-corrected chi connectivity index (χ2v) is 5.66. The molecule has 0 saturated carbocycles. The highest BCUT2D eigenvalue weighted by atomic mass is 32.1. The molecule has 0 unspecified atom stereocenters. The zero-order valence-corrected chi connectivity index (χ0v) is 12.6. The van der Waals surface area contributed by atoms with Crippen LogP contribution in [0.4, 0.5) is 0 Å². The third kappa shape index (κ3) is 2.62. The fourth-order valence-electron chi connectivity index (χ4n) is 2.14. The van der Waals surface area contributed by atoms with Crippen LogP contribution in [0.5, 0.6) is 11.5 Å². The Kier molecular flexibility index (Phi) is 3.62. The van der Waals surface area contributed by atoms with Crippen LogP contribution >= 0.6 is 11.3 Å².